The molecule has 7 heteroatoms. The van der Waals surface area contributed by atoms with Gasteiger partial charge in [-0.3, -0.25) is 0 Å². The van der Waals surface area contributed by atoms with E-state index in [0.717, 1.165) is 17.8 Å². The summed E-state index contributed by atoms with van der Waals surface area (Å²) in [5, 5.41) is 3.23. The van der Waals surface area contributed by atoms with E-state index in [0.29, 0.717) is 30.2 Å². The Kier molecular flexibility index (Phi) is 3.34. The lowest BCUT2D eigenvalue weighted by atomic mass is 10.0. The Morgan fingerprint density at radius 2 is 2.30 bits per heavy atom. The molecule has 102 valence electrons. The number of rotatable bonds is 2. The van der Waals surface area contributed by atoms with E-state index >= 15 is 0 Å². The van der Waals surface area contributed by atoms with Crippen molar-refractivity contribution >= 4 is 5.97 Å². The van der Waals surface area contributed by atoms with Crippen LogP contribution in [0.2, 0.25) is 0 Å². The molecule has 0 saturated heterocycles. The minimum Gasteiger partial charge on any atom is -0.464 e. The fraction of sp³-hybridized carbons (Fsp3) is 0.308. The molecule has 0 amide bonds. The molecule has 0 unspecified atom stereocenters. The molecule has 0 bridgehead atoms. The molecule has 20 heavy (non-hydrogen) atoms. The molecule has 0 fully saturated rings. The summed E-state index contributed by atoms with van der Waals surface area (Å²) in [6, 6.07) is 1.71. The average molecular weight is 271 g/mol. The average Bonchev–Trinajstić information content (AvgIpc) is 2.54. The van der Waals surface area contributed by atoms with Crippen molar-refractivity contribution in [3.05, 3.63) is 35.5 Å². The third-order valence-electron chi connectivity index (χ3n) is 3.13. The number of hydrogen-bond acceptors (Lipinski definition) is 7. The van der Waals surface area contributed by atoms with Gasteiger partial charge in [-0.1, -0.05) is 0 Å². The number of carbonyl (C=O) groups excluding carboxylic acids is 1. The zero-order chi connectivity index (χ0) is 13.9. The van der Waals surface area contributed by atoms with Gasteiger partial charge in [-0.25, -0.2) is 24.7 Å². The van der Waals surface area contributed by atoms with Gasteiger partial charge >= 0.3 is 5.97 Å². The second-order valence-corrected chi connectivity index (χ2v) is 4.33. The first kappa shape index (κ1) is 12.6. The van der Waals surface area contributed by atoms with Crippen LogP contribution in [0.3, 0.4) is 0 Å². The van der Waals surface area contributed by atoms with Crippen LogP contribution in [0.25, 0.3) is 11.5 Å². The third kappa shape index (κ3) is 2.23. The van der Waals surface area contributed by atoms with E-state index in [-0.39, 0.29) is 0 Å². The van der Waals surface area contributed by atoms with E-state index in [4.69, 9.17) is 4.74 Å². The lowest BCUT2D eigenvalue weighted by molar-refractivity contribution is 0.0592. The van der Waals surface area contributed by atoms with Gasteiger partial charge in [0.15, 0.2) is 11.5 Å². The SMILES string of the molecule is COC(=O)c1nc(-c2ccncn2)nc2c1CCNC2. The summed E-state index contributed by atoms with van der Waals surface area (Å²) in [6.45, 7) is 1.41. The number of ether oxygens (including phenoxy) is 1. The number of nitrogens with one attached hydrogen (secondary N) is 1. The largest absolute Gasteiger partial charge is 0.464 e. The number of aromatic nitrogens is 4. The van der Waals surface area contributed by atoms with Crippen LogP contribution in [-0.4, -0.2) is 39.6 Å². The van der Waals surface area contributed by atoms with Gasteiger partial charge in [0.1, 0.15) is 12.0 Å². The summed E-state index contributed by atoms with van der Waals surface area (Å²) in [5.74, 6) is -0.0314. The summed E-state index contributed by atoms with van der Waals surface area (Å²) >= 11 is 0. The van der Waals surface area contributed by atoms with Crippen molar-refractivity contribution in [1.29, 1.82) is 0 Å². The van der Waals surface area contributed by atoms with Crippen LogP contribution < -0.4 is 5.32 Å². The molecule has 0 atom stereocenters. The standard InChI is InChI=1S/C13H13N5O2/c1-20-13(19)11-8-2-4-14-6-10(8)17-12(18-11)9-3-5-15-7-16-9/h3,5,7,14H,2,4,6H2,1H3. The topological polar surface area (TPSA) is 89.9 Å². The quantitative estimate of drug-likeness (QED) is 0.789. The summed E-state index contributed by atoms with van der Waals surface area (Å²) in [7, 11) is 1.35. The Morgan fingerprint density at radius 1 is 1.40 bits per heavy atom. The molecule has 1 aliphatic heterocycles. The van der Waals surface area contributed by atoms with Gasteiger partial charge in [0.05, 0.1) is 12.8 Å². The fourth-order valence-electron chi connectivity index (χ4n) is 2.16. The maximum Gasteiger partial charge on any atom is 0.357 e. The second kappa shape index (κ2) is 5.30. The van der Waals surface area contributed by atoms with Crippen molar-refractivity contribution in [3.63, 3.8) is 0 Å². The Morgan fingerprint density at radius 3 is 3.05 bits per heavy atom. The maximum atomic E-state index is 11.9. The summed E-state index contributed by atoms with van der Waals surface area (Å²) in [6.07, 6.45) is 3.75. The highest BCUT2D eigenvalue weighted by Crippen LogP contribution is 2.20. The minimum atomic E-state index is -0.444. The molecule has 0 saturated carbocycles. The molecular weight excluding hydrogens is 258 g/mol. The first-order chi connectivity index (χ1) is 9.79. The molecule has 3 rings (SSSR count). The molecule has 0 radical (unpaired) electrons. The van der Waals surface area contributed by atoms with E-state index in [1.807, 2.05) is 0 Å². The Bertz CT molecular complexity index is 645. The number of carbonyl (C=O) groups is 1. The minimum absolute atomic E-state index is 0.326. The van der Waals surface area contributed by atoms with Crippen molar-refractivity contribution < 1.29 is 9.53 Å². The van der Waals surface area contributed by atoms with E-state index < -0.39 is 5.97 Å². The first-order valence-electron chi connectivity index (χ1n) is 6.25. The van der Waals surface area contributed by atoms with Crippen LogP contribution in [-0.2, 0) is 17.7 Å². The maximum absolute atomic E-state index is 11.9. The van der Waals surface area contributed by atoms with Crippen LogP contribution >= 0.6 is 0 Å². The molecule has 0 aliphatic carbocycles. The van der Waals surface area contributed by atoms with Gasteiger partial charge < -0.3 is 10.1 Å². The molecule has 3 heterocycles. The van der Waals surface area contributed by atoms with E-state index in [2.05, 4.69) is 25.3 Å². The normalized spacial score (nSPS) is 13.7. The second-order valence-electron chi connectivity index (χ2n) is 4.33. The molecule has 0 spiro atoms. The lowest BCUT2D eigenvalue weighted by Gasteiger charge is -2.18. The summed E-state index contributed by atoms with van der Waals surface area (Å²) < 4.78 is 4.81. The Balaban J connectivity index is 2.15. The highest BCUT2D eigenvalue weighted by molar-refractivity contribution is 5.89. The van der Waals surface area contributed by atoms with Crippen LogP contribution in [0.15, 0.2) is 18.6 Å². The van der Waals surface area contributed by atoms with Gasteiger partial charge in [0, 0.05) is 18.3 Å². The van der Waals surface area contributed by atoms with Crippen molar-refractivity contribution in [1.82, 2.24) is 25.3 Å². The summed E-state index contributed by atoms with van der Waals surface area (Å²) in [5.41, 5.74) is 2.58. The molecule has 2 aromatic rings. The molecule has 2 aromatic heterocycles. The van der Waals surface area contributed by atoms with Gasteiger partial charge in [-0.15, -0.1) is 0 Å². The van der Waals surface area contributed by atoms with Gasteiger partial charge in [-0.05, 0) is 19.0 Å². The van der Waals surface area contributed by atoms with Crippen molar-refractivity contribution in [3.8, 4) is 11.5 Å². The molecule has 7 nitrogen and oxygen atoms in total. The molecule has 0 aromatic carbocycles. The van der Waals surface area contributed by atoms with Gasteiger partial charge in [-0.2, -0.15) is 0 Å². The van der Waals surface area contributed by atoms with Crippen LogP contribution in [0.1, 0.15) is 21.7 Å². The zero-order valence-electron chi connectivity index (χ0n) is 11.0. The van der Waals surface area contributed by atoms with Gasteiger partial charge in [0.25, 0.3) is 0 Å². The Hall–Kier alpha value is -2.41. The molecule has 1 aliphatic rings. The van der Waals surface area contributed by atoms with Crippen LogP contribution in [0.5, 0.6) is 0 Å². The number of nitrogens with zero attached hydrogens (tertiary/aromatic N) is 4. The number of esters is 1. The monoisotopic (exact) mass is 271 g/mol. The zero-order valence-corrected chi connectivity index (χ0v) is 11.0. The summed E-state index contributed by atoms with van der Waals surface area (Å²) in [4.78, 5) is 28.7. The smallest absolute Gasteiger partial charge is 0.357 e. The fourth-order valence-corrected chi connectivity index (χ4v) is 2.16. The highest BCUT2D eigenvalue weighted by atomic mass is 16.5. The number of hydrogen-bond donors (Lipinski definition) is 1. The number of methoxy groups -OCH3 is 1. The molecule has 1 N–H and O–H groups in total. The van der Waals surface area contributed by atoms with Crippen LogP contribution in [0.4, 0.5) is 0 Å². The number of fused-ring (bicyclic) bond motifs is 1. The lowest BCUT2D eigenvalue weighted by Crippen LogP contribution is -2.28. The third-order valence-corrected chi connectivity index (χ3v) is 3.13. The predicted octanol–water partition coefficient (Wildman–Crippen LogP) is 0.366. The van der Waals surface area contributed by atoms with Crippen molar-refractivity contribution in [2.75, 3.05) is 13.7 Å². The first-order valence-corrected chi connectivity index (χ1v) is 6.25. The van der Waals surface area contributed by atoms with Crippen molar-refractivity contribution in [2.45, 2.75) is 13.0 Å². The van der Waals surface area contributed by atoms with E-state index in [9.17, 15) is 4.79 Å². The van der Waals surface area contributed by atoms with Crippen molar-refractivity contribution in [2.24, 2.45) is 0 Å². The Labute approximate surface area is 115 Å². The highest BCUT2D eigenvalue weighted by Gasteiger charge is 2.23. The van der Waals surface area contributed by atoms with Crippen LogP contribution in [0, 0.1) is 0 Å². The van der Waals surface area contributed by atoms with Gasteiger partial charge in [0.2, 0.25) is 0 Å². The predicted molar refractivity (Wildman–Crippen MR) is 69.8 cm³/mol. The van der Waals surface area contributed by atoms with E-state index in [1.54, 1.807) is 12.3 Å². The molecular formula is C13H13N5O2. The van der Waals surface area contributed by atoms with E-state index in [1.165, 1.54) is 13.4 Å².